The fraction of sp³-hybridized carbons (Fsp3) is 0.733. The second-order valence-corrected chi connectivity index (χ2v) is 7.09. The number of likely N-dealkylation sites (tertiary alicyclic amines) is 1. The molecule has 0 unspecified atom stereocenters. The van der Waals surface area contributed by atoms with E-state index in [9.17, 15) is 4.79 Å². The molecule has 1 N–H and O–H groups in total. The summed E-state index contributed by atoms with van der Waals surface area (Å²) >= 11 is 1.66. The number of piperidine rings is 1. The molecule has 0 aromatic carbocycles. The van der Waals surface area contributed by atoms with Crippen LogP contribution in [0.3, 0.4) is 0 Å². The lowest BCUT2D eigenvalue weighted by Gasteiger charge is -2.33. The van der Waals surface area contributed by atoms with E-state index in [4.69, 9.17) is 0 Å². The van der Waals surface area contributed by atoms with Gasteiger partial charge >= 0.3 is 6.03 Å². The van der Waals surface area contributed by atoms with Crippen molar-refractivity contribution in [2.45, 2.75) is 26.2 Å². The molecular weight excluding hydrogens is 284 g/mol. The number of carbonyl (C=O) groups is 1. The van der Waals surface area contributed by atoms with Crippen LogP contribution in [-0.2, 0) is 6.42 Å². The Balaban J connectivity index is 1.65. The molecule has 118 valence electrons. The predicted molar refractivity (Wildman–Crippen MR) is 86.8 cm³/mol. The van der Waals surface area contributed by atoms with E-state index in [2.05, 4.69) is 34.7 Å². The van der Waals surface area contributed by atoms with Crippen LogP contribution >= 0.6 is 11.3 Å². The van der Waals surface area contributed by atoms with Gasteiger partial charge in [0.05, 0.1) is 10.7 Å². The van der Waals surface area contributed by atoms with E-state index >= 15 is 0 Å². The molecule has 5 nitrogen and oxygen atoms in total. The second-order valence-electron chi connectivity index (χ2n) is 6.03. The average molecular weight is 310 g/mol. The molecule has 0 aliphatic carbocycles. The Kier molecular flexibility index (Phi) is 5.99. The van der Waals surface area contributed by atoms with Crippen LogP contribution in [0.15, 0.2) is 5.38 Å². The van der Waals surface area contributed by atoms with E-state index in [0.29, 0.717) is 6.54 Å². The maximum absolute atomic E-state index is 12.1. The molecule has 21 heavy (non-hydrogen) atoms. The first-order valence-electron chi connectivity index (χ1n) is 7.63. The highest BCUT2D eigenvalue weighted by Crippen LogP contribution is 2.17. The van der Waals surface area contributed by atoms with Gasteiger partial charge in [-0.05, 0) is 39.8 Å². The molecule has 0 bridgehead atoms. The van der Waals surface area contributed by atoms with Crippen molar-refractivity contribution < 1.29 is 4.79 Å². The molecule has 0 saturated carbocycles. The number of aryl methyl sites for hydroxylation is 1. The number of hydrogen-bond donors (Lipinski definition) is 1. The standard InChI is InChI=1S/C15H26N4OS/c1-12-17-14(11-21-12)4-7-16-15(20)19-8-5-13(6-9-19)10-18(2)3/h11,13H,4-10H2,1-3H3,(H,16,20). The molecule has 1 aliphatic heterocycles. The van der Waals surface area contributed by atoms with Gasteiger partial charge in [0.15, 0.2) is 0 Å². The summed E-state index contributed by atoms with van der Waals surface area (Å²) in [6.45, 7) is 5.54. The van der Waals surface area contributed by atoms with Crippen molar-refractivity contribution in [1.29, 1.82) is 0 Å². The van der Waals surface area contributed by atoms with Gasteiger partial charge in [-0.15, -0.1) is 11.3 Å². The molecule has 6 heteroatoms. The number of nitrogens with one attached hydrogen (secondary N) is 1. The Morgan fingerprint density at radius 3 is 2.76 bits per heavy atom. The number of nitrogens with zero attached hydrogens (tertiary/aromatic N) is 3. The zero-order valence-electron chi connectivity index (χ0n) is 13.3. The number of amides is 2. The molecule has 0 radical (unpaired) electrons. The van der Waals surface area contributed by atoms with Gasteiger partial charge in [-0.2, -0.15) is 0 Å². The van der Waals surface area contributed by atoms with Crippen molar-refractivity contribution >= 4 is 17.4 Å². The summed E-state index contributed by atoms with van der Waals surface area (Å²) in [5.74, 6) is 0.724. The fourth-order valence-corrected chi connectivity index (χ4v) is 3.41. The molecule has 1 aromatic heterocycles. The maximum atomic E-state index is 12.1. The predicted octanol–water partition coefficient (Wildman–Crippen LogP) is 1.98. The van der Waals surface area contributed by atoms with Crippen LogP contribution in [-0.4, -0.2) is 61.1 Å². The summed E-state index contributed by atoms with van der Waals surface area (Å²) in [5.41, 5.74) is 1.07. The number of carbonyl (C=O) groups excluding carboxylic acids is 1. The Morgan fingerprint density at radius 1 is 1.48 bits per heavy atom. The van der Waals surface area contributed by atoms with Crippen molar-refractivity contribution in [1.82, 2.24) is 20.1 Å². The normalized spacial score (nSPS) is 16.5. The Hall–Kier alpha value is -1.14. The van der Waals surface area contributed by atoms with Gasteiger partial charge in [0.1, 0.15) is 0 Å². The van der Waals surface area contributed by atoms with Crippen LogP contribution in [0.1, 0.15) is 23.5 Å². The third kappa shape index (κ3) is 5.28. The quantitative estimate of drug-likeness (QED) is 0.904. The van der Waals surface area contributed by atoms with Crippen molar-refractivity contribution in [3.63, 3.8) is 0 Å². The van der Waals surface area contributed by atoms with E-state index < -0.39 is 0 Å². The Morgan fingerprint density at radius 2 is 2.19 bits per heavy atom. The highest BCUT2D eigenvalue weighted by atomic mass is 32.1. The largest absolute Gasteiger partial charge is 0.338 e. The fourth-order valence-electron chi connectivity index (χ4n) is 2.77. The van der Waals surface area contributed by atoms with Crippen LogP contribution in [0, 0.1) is 12.8 Å². The molecule has 1 aromatic rings. The summed E-state index contributed by atoms with van der Waals surface area (Å²) in [6.07, 6.45) is 3.03. The first kappa shape index (κ1) is 16.2. The van der Waals surface area contributed by atoms with Crippen LogP contribution in [0.5, 0.6) is 0 Å². The van der Waals surface area contributed by atoms with Crippen LogP contribution in [0.2, 0.25) is 0 Å². The Bertz CT molecular complexity index is 452. The average Bonchev–Trinajstić information content (AvgIpc) is 2.84. The van der Waals surface area contributed by atoms with Crippen molar-refractivity contribution in [3.8, 4) is 0 Å². The van der Waals surface area contributed by atoms with E-state index in [-0.39, 0.29) is 6.03 Å². The second kappa shape index (κ2) is 7.75. The molecule has 2 amide bonds. The molecule has 1 aliphatic rings. The molecule has 1 fully saturated rings. The van der Waals surface area contributed by atoms with Crippen LogP contribution in [0.4, 0.5) is 4.79 Å². The lowest BCUT2D eigenvalue weighted by atomic mass is 9.97. The van der Waals surface area contributed by atoms with Gasteiger partial charge in [-0.25, -0.2) is 9.78 Å². The van der Waals surface area contributed by atoms with Gasteiger partial charge in [-0.3, -0.25) is 0 Å². The number of urea groups is 1. The molecule has 0 spiro atoms. The lowest BCUT2D eigenvalue weighted by Crippen LogP contribution is -2.46. The maximum Gasteiger partial charge on any atom is 0.317 e. The van der Waals surface area contributed by atoms with Crippen molar-refractivity contribution in [3.05, 3.63) is 16.1 Å². The Labute approximate surface area is 131 Å². The number of hydrogen-bond acceptors (Lipinski definition) is 4. The zero-order valence-corrected chi connectivity index (χ0v) is 14.1. The van der Waals surface area contributed by atoms with Crippen LogP contribution < -0.4 is 5.32 Å². The van der Waals surface area contributed by atoms with Gasteiger partial charge < -0.3 is 15.1 Å². The van der Waals surface area contributed by atoms with Gasteiger partial charge in [-0.1, -0.05) is 0 Å². The first-order valence-corrected chi connectivity index (χ1v) is 8.51. The third-order valence-electron chi connectivity index (χ3n) is 3.85. The first-order chi connectivity index (χ1) is 10.0. The van der Waals surface area contributed by atoms with E-state index in [1.165, 1.54) is 0 Å². The van der Waals surface area contributed by atoms with Gasteiger partial charge in [0, 0.05) is 38.0 Å². The minimum atomic E-state index is 0.0743. The number of rotatable bonds is 5. The van der Waals surface area contributed by atoms with Crippen LogP contribution in [0.25, 0.3) is 0 Å². The summed E-state index contributed by atoms with van der Waals surface area (Å²) in [5, 5.41) is 6.15. The smallest absolute Gasteiger partial charge is 0.317 e. The monoisotopic (exact) mass is 310 g/mol. The van der Waals surface area contributed by atoms with E-state index in [0.717, 1.165) is 55.5 Å². The summed E-state index contributed by atoms with van der Waals surface area (Å²) < 4.78 is 0. The number of aromatic nitrogens is 1. The SMILES string of the molecule is Cc1nc(CCNC(=O)N2CCC(CN(C)C)CC2)cs1. The summed E-state index contributed by atoms with van der Waals surface area (Å²) in [6, 6.07) is 0.0743. The molecule has 1 saturated heterocycles. The number of thiazole rings is 1. The summed E-state index contributed by atoms with van der Waals surface area (Å²) in [4.78, 5) is 20.7. The molecule has 0 atom stereocenters. The lowest BCUT2D eigenvalue weighted by molar-refractivity contribution is 0.160. The molecule has 2 heterocycles. The van der Waals surface area contributed by atoms with E-state index in [1.807, 2.05) is 11.8 Å². The van der Waals surface area contributed by atoms with Gasteiger partial charge in [0.2, 0.25) is 0 Å². The van der Waals surface area contributed by atoms with Gasteiger partial charge in [0.25, 0.3) is 0 Å². The molecular formula is C15H26N4OS. The van der Waals surface area contributed by atoms with E-state index in [1.54, 1.807) is 11.3 Å². The third-order valence-corrected chi connectivity index (χ3v) is 4.67. The highest BCUT2D eigenvalue weighted by molar-refractivity contribution is 7.09. The van der Waals surface area contributed by atoms with Crippen molar-refractivity contribution in [2.75, 3.05) is 40.3 Å². The minimum Gasteiger partial charge on any atom is -0.338 e. The summed E-state index contributed by atoms with van der Waals surface area (Å²) in [7, 11) is 4.22. The minimum absolute atomic E-state index is 0.0743. The topological polar surface area (TPSA) is 48.5 Å². The van der Waals surface area contributed by atoms with Crippen molar-refractivity contribution in [2.24, 2.45) is 5.92 Å². The zero-order chi connectivity index (χ0) is 15.2. The molecule has 2 rings (SSSR count). The highest BCUT2D eigenvalue weighted by Gasteiger charge is 2.22.